The summed E-state index contributed by atoms with van der Waals surface area (Å²) in [5, 5.41) is 11.1. The van der Waals surface area contributed by atoms with Crippen LogP contribution in [0, 0.1) is 0 Å². The number of rotatable bonds is 4. The summed E-state index contributed by atoms with van der Waals surface area (Å²) >= 11 is 0. The van der Waals surface area contributed by atoms with Crippen LogP contribution in [0.15, 0.2) is 42.5 Å². The Morgan fingerprint density at radius 3 is 2.61 bits per heavy atom. The van der Waals surface area contributed by atoms with Crippen molar-refractivity contribution in [3.8, 4) is 0 Å². The molecule has 1 atom stereocenters. The summed E-state index contributed by atoms with van der Waals surface area (Å²) in [6.45, 7) is 0.285. The van der Waals surface area contributed by atoms with Crippen molar-refractivity contribution in [3.05, 3.63) is 42.5 Å². The van der Waals surface area contributed by atoms with Gasteiger partial charge in [-0.15, -0.1) is 0 Å². The molecule has 94 valence electrons. The first-order chi connectivity index (χ1) is 8.58. The van der Waals surface area contributed by atoms with E-state index in [0.717, 1.165) is 16.5 Å². The standard InChI is InChI=1S/C14H16N2O2/c1-16(9-13(15)14(17)18)12-7-6-10-4-2-3-5-11(10)8-12/h2-8,13H,9,15H2,1H3,(H,17,18). The summed E-state index contributed by atoms with van der Waals surface area (Å²) in [6, 6.07) is 13.2. The van der Waals surface area contributed by atoms with Crippen LogP contribution in [0.5, 0.6) is 0 Å². The lowest BCUT2D eigenvalue weighted by atomic mass is 10.1. The normalized spacial score (nSPS) is 12.3. The van der Waals surface area contributed by atoms with Crippen LogP contribution >= 0.6 is 0 Å². The second kappa shape index (κ2) is 5.06. The van der Waals surface area contributed by atoms with Gasteiger partial charge in [-0.1, -0.05) is 30.3 Å². The van der Waals surface area contributed by atoms with Gasteiger partial charge in [0, 0.05) is 19.3 Å². The van der Waals surface area contributed by atoms with Crippen LogP contribution in [0.2, 0.25) is 0 Å². The zero-order chi connectivity index (χ0) is 13.1. The Morgan fingerprint density at radius 2 is 1.94 bits per heavy atom. The highest BCUT2D eigenvalue weighted by Crippen LogP contribution is 2.21. The number of nitrogens with two attached hydrogens (primary N) is 1. The fraction of sp³-hybridized carbons (Fsp3) is 0.214. The highest BCUT2D eigenvalue weighted by molar-refractivity contribution is 5.86. The molecule has 0 saturated heterocycles. The van der Waals surface area contributed by atoms with E-state index in [2.05, 4.69) is 0 Å². The van der Waals surface area contributed by atoms with Crippen molar-refractivity contribution in [2.24, 2.45) is 5.73 Å². The minimum Gasteiger partial charge on any atom is -0.480 e. The van der Waals surface area contributed by atoms with Gasteiger partial charge in [0.15, 0.2) is 0 Å². The van der Waals surface area contributed by atoms with Gasteiger partial charge in [-0.25, -0.2) is 0 Å². The average Bonchev–Trinajstić information content (AvgIpc) is 2.37. The number of likely N-dealkylation sites (N-methyl/N-ethyl adjacent to an activating group) is 1. The molecule has 0 aromatic heterocycles. The minimum absolute atomic E-state index is 0.285. The van der Waals surface area contributed by atoms with Gasteiger partial charge < -0.3 is 15.7 Å². The van der Waals surface area contributed by atoms with Gasteiger partial charge in [-0.05, 0) is 22.9 Å². The maximum Gasteiger partial charge on any atom is 0.322 e. The molecule has 3 N–H and O–H groups in total. The van der Waals surface area contributed by atoms with Gasteiger partial charge in [0.1, 0.15) is 6.04 Å². The first-order valence-electron chi connectivity index (χ1n) is 5.76. The van der Waals surface area contributed by atoms with Crippen LogP contribution in [0.1, 0.15) is 0 Å². The number of aliphatic carboxylic acids is 1. The van der Waals surface area contributed by atoms with E-state index in [1.54, 1.807) is 0 Å². The van der Waals surface area contributed by atoms with E-state index in [1.807, 2.05) is 54.4 Å². The lowest BCUT2D eigenvalue weighted by molar-refractivity contribution is -0.138. The number of hydrogen-bond acceptors (Lipinski definition) is 3. The molecule has 2 aromatic carbocycles. The molecule has 0 aliphatic heterocycles. The predicted octanol–water partition coefficient (Wildman–Crippen LogP) is 1.69. The smallest absolute Gasteiger partial charge is 0.322 e. The van der Waals surface area contributed by atoms with Gasteiger partial charge in [-0.2, -0.15) is 0 Å². The van der Waals surface area contributed by atoms with Gasteiger partial charge in [0.05, 0.1) is 0 Å². The van der Waals surface area contributed by atoms with Crippen LogP contribution < -0.4 is 10.6 Å². The van der Waals surface area contributed by atoms with Crippen molar-refractivity contribution < 1.29 is 9.90 Å². The zero-order valence-electron chi connectivity index (χ0n) is 10.2. The van der Waals surface area contributed by atoms with Crippen LogP contribution in [0.3, 0.4) is 0 Å². The number of carbonyl (C=O) groups is 1. The number of carboxylic acids is 1. The summed E-state index contributed by atoms with van der Waals surface area (Å²) < 4.78 is 0. The van der Waals surface area contributed by atoms with E-state index in [1.165, 1.54) is 0 Å². The Labute approximate surface area is 106 Å². The summed E-state index contributed by atoms with van der Waals surface area (Å²) in [7, 11) is 1.84. The SMILES string of the molecule is CN(CC(N)C(=O)O)c1ccc2ccccc2c1. The number of carboxylic acid groups (broad SMARTS) is 1. The van der Waals surface area contributed by atoms with E-state index < -0.39 is 12.0 Å². The van der Waals surface area contributed by atoms with Crippen LogP contribution in [0.25, 0.3) is 10.8 Å². The molecular weight excluding hydrogens is 228 g/mol. The molecule has 0 saturated carbocycles. The molecule has 0 aliphatic rings. The quantitative estimate of drug-likeness (QED) is 0.859. The minimum atomic E-state index is -0.984. The molecule has 1 unspecified atom stereocenters. The summed E-state index contributed by atoms with van der Waals surface area (Å²) in [4.78, 5) is 12.6. The Kier molecular flexibility index (Phi) is 3.48. The van der Waals surface area contributed by atoms with Crippen molar-refractivity contribution in [2.75, 3.05) is 18.5 Å². The molecular formula is C14H16N2O2. The molecule has 2 aromatic rings. The van der Waals surface area contributed by atoms with Crippen LogP contribution in [-0.4, -0.2) is 30.7 Å². The molecule has 0 aliphatic carbocycles. The lowest BCUT2D eigenvalue weighted by Crippen LogP contribution is -2.41. The second-order valence-electron chi connectivity index (χ2n) is 4.36. The Balaban J connectivity index is 2.22. The fourth-order valence-electron chi connectivity index (χ4n) is 1.89. The Hall–Kier alpha value is -2.07. The number of hydrogen-bond donors (Lipinski definition) is 2. The topological polar surface area (TPSA) is 66.6 Å². The van der Waals surface area contributed by atoms with Crippen molar-refractivity contribution in [1.82, 2.24) is 0 Å². The Bertz CT molecular complexity index is 568. The molecule has 0 fully saturated rings. The van der Waals surface area contributed by atoms with Crippen molar-refractivity contribution in [1.29, 1.82) is 0 Å². The number of benzene rings is 2. The lowest BCUT2D eigenvalue weighted by Gasteiger charge is -2.21. The van der Waals surface area contributed by atoms with Crippen molar-refractivity contribution in [2.45, 2.75) is 6.04 Å². The Morgan fingerprint density at radius 1 is 1.28 bits per heavy atom. The predicted molar refractivity (Wildman–Crippen MR) is 72.8 cm³/mol. The van der Waals surface area contributed by atoms with E-state index in [-0.39, 0.29) is 6.54 Å². The first kappa shape index (κ1) is 12.4. The van der Waals surface area contributed by atoms with Gasteiger partial charge >= 0.3 is 5.97 Å². The monoisotopic (exact) mass is 244 g/mol. The summed E-state index contributed by atoms with van der Waals surface area (Å²) in [5.41, 5.74) is 6.49. The van der Waals surface area contributed by atoms with Gasteiger partial charge in [0.25, 0.3) is 0 Å². The largest absolute Gasteiger partial charge is 0.480 e. The van der Waals surface area contributed by atoms with Crippen molar-refractivity contribution in [3.63, 3.8) is 0 Å². The molecule has 0 spiro atoms. The number of fused-ring (bicyclic) bond motifs is 1. The highest BCUT2D eigenvalue weighted by atomic mass is 16.4. The number of anilines is 1. The third kappa shape index (κ3) is 2.60. The molecule has 18 heavy (non-hydrogen) atoms. The van der Waals surface area contributed by atoms with Crippen molar-refractivity contribution >= 4 is 22.4 Å². The highest BCUT2D eigenvalue weighted by Gasteiger charge is 2.14. The molecule has 0 amide bonds. The summed E-state index contributed by atoms with van der Waals surface area (Å²) in [5.74, 6) is -0.984. The van der Waals surface area contributed by atoms with Crippen LogP contribution in [-0.2, 0) is 4.79 Å². The molecule has 0 radical (unpaired) electrons. The molecule has 0 bridgehead atoms. The molecule has 0 heterocycles. The molecule has 2 rings (SSSR count). The number of nitrogens with zero attached hydrogens (tertiary/aromatic N) is 1. The maximum absolute atomic E-state index is 10.7. The van der Waals surface area contributed by atoms with Gasteiger partial charge in [0.2, 0.25) is 0 Å². The van der Waals surface area contributed by atoms with E-state index >= 15 is 0 Å². The third-order valence-corrected chi connectivity index (χ3v) is 2.96. The van der Waals surface area contributed by atoms with E-state index in [9.17, 15) is 4.79 Å². The third-order valence-electron chi connectivity index (χ3n) is 2.96. The molecule has 4 heteroatoms. The first-order valence-corrected chi connectivity index (χ1v) is 5.76. The fourth-order valence-corrected chi connectivity index (χ4v) is 1.89. The van der Waals surface area contributed by atoms with E-state index in [4.69, 9.17) is 10.8 Å². The average molecular weight is 244 g/mol. The van der Waals surface area contributed by atoms with E-state index in [0.29, 0.717) is 0 Å². The summed E-state index contributed by atoms with van der Waals surface area (Å²) in [6.07, 6.45) is 0. The van der Waals surface area contributed by atoms with Crippen LogP contribution in [0.4, 0.5) is 5.69 Å². The second-order valence-corrected chi connectivity index (χ2v) is 4.36. The van der Waals surface area contributed by atoms with Gasteiger partial charge in [-0.3, -0.25) is 4.79 Å². The molecule has 4 nitrogen and oxygen atoms in total. The zero-order valence-corrected chi connectivity index (χ0v) is 10.2. The maximum atomic E-state index is 10.7.